The maximum Gasteiger partial charge on any atom is 0.255 e. The fourth-order valence-electron chi connectivity index (χ4n) is 4.50. The Labute approximate surface area is 179 Å². The molecule has 0 radical (unpaired) electrons. The molecule has 1 fully saturated rings. The minimum absolute atomic E-state index is 0.113. The molecule has 5 rings (SSSR count). The molecule has 2 aliphatic rings. The van der Waals surface area contributed by atoms with E-state index in [4.69, 9.17) is 10.5 Å². The number of piperidine rings is 1. The number of amides is 1. The normalized spacial score (nSPS) is 17.9. The van der Waals surface area contributed by atoms with Crippen LogP contribution in [0.25, 0.3) is 10.6 Å². The maximum atomic E-state index is 13.0. The number of aryl methyl sites for hydroxylation is 1. The predicted octanol–water partition coefficient (Wildman–Crippen LogP) is 3.14. The summed E-state index contributed by atoms with van der Waals surface area (Å²) in [5.74, 6) is 0.535. The third kappa shape index (κ3) is 3.11. The molecule has 30 heavy (non-hydrogen) atoms. The van der Waals surface area contributed by atoms with Crippen LogP contribution in [0.5, 0.6) is 0 Å². The highest BCUT2D eigenvalue weighted by molar-refractivity contribution is 7.15. The third-order valence-electron chi connectivity index (χ3n) is 6.40. The number of anilines is 1. The van der Waals surface area contributed by atoms with Gasteiger partial charge in [0.25, 0.3) is 5.91 Å². The monoisotopic (exact) mass is 423 g/mol. The molecule has 2 N–H and O–H groups in total. The Morgan fingerprint density at radius 3 is 2.73 bits per heavy atom. The molecule has 1 spiro atoms. The Morgan fingerprint density at radius 1 is 1.27 bits per heavy atom. The second-order valence-electron chi connectivity index (χ2n) is 8.08. The van der Waals surface area contributed by atoms with E-state index in [0.717, 1.165) is 41.1 Å². The summed E-state index contributed by atoms with van der Waals surface area (Å²) in [5.41, 5.74) is 9.26. The van der Waals surface area contributed by atoms with Crippen LogP contribution in [-0.4, -0.2) is 45.0 Å². The van der Waals surface area contributed by atoms with Crippen molar-refractivity contribution in [2.24, 2.45) is 7.05 Å². The third-order valence-corrected chi connectivity index (χ3v) is 7.62. The van der Waals surface area contributed by atoms with Gasteiger partial charge in [-0.3, -0.25) is 4.79 Å². The first-order valence-electron chi connectivity index (χ1n) is 10.2. The van der Waals surface area contributed by atoms with Crippen molar-refractivity contribution < 1.29 is 9.53 Å². The number of ether oxygens (including phenoxy) is 1. The summed E-state index contributed by atoms with van der Waals surface area (Å²) in [6.07, 6.45) is 7.79. The van der Waals surface area contributed by atoms with Gasteiger partial charge < -0.3 is 19.9 Å². The fourth-order valence-corrected chi connectivity index (χ4v) is 5.69. The van der Waals surface area contributed by atoms with Crippen LogP contribution in [0.15, 0.2) is 30.7 Å². The van der Waals surface area contributed by atoms with Gasteiger partial charge in [-0.2, -0.15) is 0 Å². The molecular weight excluding hydrogens is 398 g/mol. The zero-order valence-electron chi connectivity index (χ0n) is 17.2. The molecule has 5 heterocycles. The summed E-state index contributed by atoms with van der Waals surface area (Å²) >= 11 is 1.76. The van der Waals surface area contributed by atoms with E-state index in [1.54, 1.807) is 23.7 Å². The lowest BCUT2D eigenvalue weighted by Crippen LogP contribution is -2.48. The van der Waals surface area contributed by atoms with E-state index in [-0.39, 0.29) is 11.5 Å². The standard InChI is InChI=1S/C22H25N5O2S/c1-14-15(3-7-26(14)2)21(28)27-8-5-22(6-9-27)16-11-19(30-18(16)4-10-29-22)17-12-25-20(23)13-24-17/h3,7,11-13H,4-6,8-10H2,1-2H3,(H2,23,25). The van der Waals surface area contributed by atoms with Crippen LogP contribution in [0.3, 0.4) is 0 Å². The van der Waals surface area contributed by atoms with Crippen LogP contribution >= 0.6 is 11.3 Å². The highest BCUT2D eigenvalue weighted by Crippen LogP contribution is 2.46. The number of hydrogen-bond acceptors (Lipinski definition) is 6. The van der Waals surface area contributed by atoms with Crippen molar-refractivity contribution in [3.63, 3.8) is 0 Å². The lowest BCUT2D eigenvalue weighted by molar-refractivity contribution is -0.0926. The smallest absolute Gasteiger partial charge is 0.255 e. The van der Waals surface area contributed by atoms with E-state index < -0.39 is 0 Å². The minimum atomic E-state index is -0.313. The molecule has 156 valence electrons. The van der Waals surface area contributed by atoms with Gasteiger partial charge in [0.15, 0.2) is 0 Å². The summed E-state index contributed by atoms with van der Waals surface area (Å²) in [4.78, 5) is 26.0. The Hall–Kier alpha value is -2.71. The average Bonchev–Trinajstić information content (AvgIpc) is 3.34. The van der Waals surface area contributed by atoms with Gasteiger partial charge in [0, 0.05) is 43.3 Å². The summed E-state index contributed by atoms with van der Waals surface area (Å²) in [5, 5.41) is 0. The number of hydrogen-bond donors (Lipinski definition) is 1. The summed E-state index contributed by atoms with van der Waals surface area (Å²) < 4.78 is 8.36. The van der Waals surface area contributed by atoms with E-state index in [2.05, 4.69) is 16.0 Å². The molecular formula is C22H25N5O2S. The Bertz CT molecular complexity index is 1090. The number of nitrogen functional groups attached to an aromatic ring is 1. The van der Waals surface area contributed by atoms with Crippen molar-refractivity contribution in [3.8, 4) is 10.6 Å². The number of nitrogens with two attached hydrogens (primary N) is 1. The van der Waals surface area contributed by atoms with Crippen molar-refractivity contribution >= 4 is 23.1 Å². The van der Waals surface area contributed by atoms with Gasteiger partial charge in [-0.25, -0.2) is 9.97 Å². The Morgan fingerprint density at radius 2 is 2.07 bits per heavy atom. The average molecular weight is 424 g/mol. The molecule has 2 aliphatic heterocycles. The SMILES string of the molecule is Cc1c(C(=O)N2CCC3(CC2)OCCc2sc(-c4cnc(N)cn4)cc23)ccn1C. The highest BCUT2D eigenvalue weighted by atomic mass is 32.1. The van der Waals surface area contributed by atoms with Crippen LogP contribution in [0.1, 0.15) is 39.3 Å². The number of carbonyl (C=O) groups excluding carboxylic acids is 1. The molecule has 0 aliphatic carbocycles. The van der Waals surface area contributed by atoms with Gasteiger partial charge in [-0.05, 0) is 37.5 Å². The number of nitrogens with zero attached hydrogens (tertiary/aromatic N) is 4. The summed E-state index contributed by atoms with van der Waals surface area (Å²) in [6, 6.07) is 4.12. The zero-order chi connectivity index (χ0) is 20.9. The predicted molar refractivity (Wildman–Crippen MR) is 116 cm³/mol. The number of fused-ring (bicyclic) bond motifs is 2. The molecule has 8 heteroatoms. The number of thiophene rings is 1. The van der Waals surface area contributed by atoms with E-state index >= 15 is 0 Å². The fraction of sp³-hybridized carbons (Fsp3) is 0.409. The highest BCUT2D eigenvalue weighted by Gasteiger charge is 2.43. The molecule has 3 aromatic heterocycles. The molecule has 7 nitrogen and oxygen atoms in total. The lowest BCUT2D eigenvalue weighted by Gasteiger charge is -2.44. The van der Waals surface area contributed by atoms with E-state index in [0.29, 0.717) is 25.5 Å². The quantitative estimate of drug-likeness (QED) is 0.684. The molecule has 0 saturated carbocycles. The van der Waals surface area contributed by atoms with Gasteiger partial charge in [-0.1, -0.05) is 0 Å². The van der Waals surface area contributed by atoms with E-state index in [9.17, 15) is 4.79 Å². The zero-order valence-corrected chi connectivity index (χ0v) is 18.0. The topological polar surface area (TPSA) is 86.3 Å². The minimum Gasteiger partial charge on any atom is -0.382 e. The first-order chi connectivity index (χ1) is 14.5. The van der Waals surface area contributed by atoms with E-state index in [1.165, 1.54) is 10.4 Å². The molecule has 1 amide bonds. The maximum absolute atomic E-state index is 13.0. The molecule has 1 saturated heterocycles. The van der Waals surface area contributed by atoms with Crippen molar-refractivity contribution in [1.29, 1.82) is 0 Å². The second kappa shape index (κ2) is 7.21. The largest absolute Gasteiger partial charge is 0.382 e. The van der Waals surface area contributed by atoms with Gasteiger partial charge >= 0.3 is 0 Å². The van der Waals surface area contributed by atoms with Crippen LogP contribution < -0.4 is 5.73 Å². The number of likely N-dealkylation sites (tertiary alicyclic amines) is 1. The molecule has 0 unspecified atom stereocenters. The van der Waals surface area contributed by atoms with Crippen LogP contribution in [0, 0.1) is 6.92 Å². The van der Waals surface area contributed by atoms with Gasteiger partial charge in [0.1, 0.15) is 5.82 Å². The van der Waals surface area contributed by atoms with E-state index in [1.807, 2.05) is 35.7 Å². The second-order valence-corrected chi connectivity index (χ2v) is 9.22. The Kier molecular flexibility index (Phi) is 4.63. The molecule has 0 aromatic carbocycles. The number of carbonyl (C=O) groups is 1. The van der Waals surface area contributed by atoms with Gasteiger partial charge in [0.2, 0.25) is 0 Å². The van der Waals surface area contributed by atoms with Gasteiger partial charge in [-0.15, -0.1) is 11.3 Å². The lowest BCUT2D eigenvalue weighted by atomic mass is 9.82. The summed E-state index contributed by atoms with van der Waals surface area (Å²) in [7, 11) is 1.97. The first kappa shape index (κ1) is 19.3. The molecule has 0 bridgehead atoms. The summed E-state index contributed by atoms with van der Waals surface area (Å²) in [6.45, 7) is 4.09. The number of rotatable bonds is 2. The first-order valence-corrected chi connectivity index (χ1v) is 11.0. The number of aromatic nitrogens is 3. The van der Waals surface area contributed by atoms with Crippen LogP contribution in [0.2, 0.25) is 0 Å². The Balaban J connectivity index is 1.38. The van der Waals surface area contributed by atoms with Crippen molar-refractivity contribution in [1.82, 2.24) is 19.4 Å². The van der Waals surface area contributed by atoms with Crippen molar-refractivity contribution in [2.75, 3.05) is 25.4 Å². The molecule has 0 atom stereocenters. The van der Waals surface area contributed by atoms with Crippen molar-refractivity contribution in [2.45, 2.75) is 31.8 Å². The van der Waals surface area contributed by atoms with Gasteiger partial charge in [0.05, 0.1) is 40.7 Å². The molecule has 3 aromatic rings. The van der Waals surface area contributed by atoms with Crippen LogP contribution in [-0.2, 0) is 23.8 Å². The van der Waals surface area contributed by atoms with Crippen LogP contribution in [0.4, 0.5) is 5.82 Å². The van der Waals surface area contributed by atoms with Crippen molar-refractivity contribution in [3.05, 3.63) is 52.4 Å².